The molecule has 1 aromatic carbocycles. The van der Waals surface area contributed by atoms with Crippen LogP contribution in [0.2, 0.25) is 0 Å². The monoisotopic (exact) mass is 395 g/mol. The molecule has 2 aliphatic heterocycles. The van der Waals surface area contributed by atoms with Crippen LogP contribution in [0.1, 0.15) is 38.2 Å². The van der Waals surface area contributed by atoms with Gasteiger partial charge in [0, 0.05) is 31.7 Å². The van der Waals surface area contributed by atoms with Crippen LogP contribution in [0.25, 0.3) is 11.4 Å². The van der Waals surface area contributed by atoms with Crippen molar-refractivity contribution in [3.63, 3.8) is 0 Å². The largest absolute Gasteiger partial charge is 0.357 e. The maximum absolute atomic E-state index is 4.94. The summed E-state index contributed by atoms with van der Waals surface area (Å²) in [5, 5.41) is 10.4. The molecule has 0 radical (unpaired) electrons. The van der Waals surface area contributed by atoms with Gasteiger partial charge in [-0.3, -0.25) is 5.10 Å². The summed E-state index contributed by atoms with van der Waals surface area (Å²) >= 11 is 0. The van der Waals surface area contributed by atoms with E-state index in [1.54, 1.807) is 0 Å². The van der Waals surface area contributed by atoms with Crippen LogP contribution >= 0.6 is 0 Å². The molecule has 29 heavy (non-hydrogen) atoms. The van der Waals surface area contributed by atoms with Crippen molar-refractivity contribution >= 4 is 5.96 Å². The molecule has 2 aliphatic rings. The highest BCUT2D eigenvalue weighted by Gasteiger charge is 2.26. The molecule has 156 valence electrons. The Hall–Kier alpha value is -2.41. The molecule has 2 saturated heterocycles. The zero-order valence-corrected chi connectivity index (χ0v) is 17.5. The van der Waals surface area contributed by atoms with Crippen molar-refractivity contribution in [3.05, 3.63) is 36.2 Å². The zero-order valence-electron chi connectivity index (χ0n) is 17.5. The number of nitrogens with one attached hydrogen (secondary N) is 2. The van der Waals surface area contributed by atoms with Gasteiger partial charge in [0.25, 0.3) is 0 Å². The summed E-state index contributed by atoms with van der Waals surface area (Å²) in [5.41, 5.74) is 2.22. The molecule has 4 rings (SSSR count). The Balaban J connectivity index is 1.37. The lowest BCUT2D eigenvalue weighted by atomic mass is 10.1. The van der Waals surface area contributed by atoms with Crippen molar-refractivity contribution in [1.82, 2.24) is 30.3 Å². The number of H-pyrrole nitrogens is 1. The molecule has 0 bridgehead atoms. The highest BCUT2D eigenvalue weighted by Crippen LogP contribution is 2.20. The SMILES string of the molecule is CCNC(=NCc1cccc(-c2ncn[nH]2)c1)N1CCC(CN2CCCCC2)C1. The fourth-order valence-electron chi connectivity index (χ4n) is 4.43. The maximum atomic E-state index is 4.94. The van der Waals surface area contributed by atoms with Gasteiger partial charge >= 0.3 is 0 Å². The summed E-state index contributed by atoms with van der Waals surface area (Å²) in [4.78, 5) is 14.3. The molecule has 1 aromatic heterocycles. The van der Waals surface area contributed by atoms with E-state index in [1.807, 2.05) is 6.07 Å². The number of aromatic nitrogens is 3. The van der Waals surface area contributed by atoms with Gasteiger partial charge in [0.05, 0.1) is 6.54 Å². The number of aliphatic imine (C=N–C) groups is 1. The first-order valence-corrected chi connectivity index (χ1v) is 11.0. The van der Waals surface area contributed by atoms with Crippen LogP contribution < -0.4 is 5.32 Å². The van der Waals surface area contributed by atoms with Gasteiger partial charge in [0.2, 0.25) is 0 Å². The van der Waals surface area contributed by atoms with Crippen molar-refractivity contribution in [2.45, 2.75) is 39.2 Å². The molecule has 2 aromatic rings. The Kier molecular flexibility index (Phi) is 6.77. The van der Waals surface area contributed by atoms with Gasteiger partial charge < -0.3 is 15.1 Å². The van der Waals surface area contributed by atoms with E-state index >= 15 is 0 Å². The van der Waals surface area contributed by atoms with E-state index in [1.165, 1.54) is 57.2 Å². The number of rotatable bonds is 6. The Labute approximate surface area is 173 Å². The molecular formula is C22H33N7. The second kappa shape index (κ2) is 9.87. The molecule has 3 heterocycles. The molecule has 2 fully saturated rings. The number of hydrogen-bond acceptors (Lipinski definition) is 4. The Morgan fingerprint density at radius 1 is 1.24 bits per heavy atom. The van der Waals surface area contributed by atoms with Crippen molar-refractivity contribution in [3.8, 4) is 11.4 Å². The summed E-state index contributed by atoms with van der Waals surface area (Å²) in [7, 11) is 0. The minimum absolute atomic E-state index is 0.664. The predicted octanol–water partition coefficient (Wildman–Crippen LogP) is 2.75. The first kappa shape index (κ1) is 19.9. The molecule has 7 nitrogen and oxygen atoms in total. The summed E-state index contributed by atoms with van der Waals surface area (Å²) in [6.45, 7) is 9.72. The summed E-state index contributed by atoms with van der Waals surface area (Å²) in [6.07, 6.45) is 6.95. The molecular weight excluding hydrogens is 362 g/mol. The van der Waals surface area contributed by atoms with Gasteiger partial charge in [-0.2, -0.15) is 5.10 Å². The quantitative estimate of drug-likeness (QED) is 0.581. The lowest BCUT2D eigenvalue weighted by Gasteiger charge is -2.29. The predicted molar refractivity (Wildman–Crippen MR) is 117 cm³/mol. The lowest BCUT2D eigenvalue weighted by molar-refractivity contribution is 0.198. The van der Waals surface area contributed by atoms with Crippen LogP contribution in [-0.4, -0.2) is 70.2 Å². The third-order valence-corrected chi connectivity index (χ3v) is 5.91. The average Bonchev–Trinajstić information content (AvgIpc) is 3.45. The lowest BCUT2D eigenvalue weighted by Crippen LogP contribution is -2.41. The van der Waals surface area contributed by atoms with Gasteiger partial charge in [0.1, 0.15) is 6.33 Å². The third-order valence-electron chi connectivity index (χ3n) is 5.91. The number of aromatic amines is 1. The Bertz CT molecular complexity index is 780. The summed E-state index contributed by atoms with van der Waals surface area (Å²) in [5.74, 6) is 2.59. The summed E-state index contributed by atoms with van der Waals surface area (Å²) < 4.78 is 0. The van der Waals surface area contributed by atoms with Crippen LogP contribution in [-0.2, 0) is 6.54 Å². The van der Waals surface area contributed by atoms with Gasteiger partial charge in [-0.05, 0) is 56.8 Å². The van der Waals surface area contributed by atoms with E-state index in [2.05, 4.69) is 55.4 Å². The summed E-state index contributed by atoms with van der Waals surface area (Å²) in [6, 6.07) is 8.36. The average molecular weight is 396 g/mol. The van der Waals surface area contributed by atoms with Crippen LogP contribution in [0.15, 0.2) is 35.6 Å². The molecule has 2 N–H and O–H groups in total. The van der Waals surface area contributed by atoms with E-state index in [9.17, 15) is 0 Å². The number of piperidine rings is 1. The Morgan fingerprint density at radius 2 is 2.14 bits per heavy atom. The van der Waals surface area contributed by atoms with Gasteiger partial charge in [-0.15, -0.1) is 0 Å². The van der Waals surface area contributed by atoms with Crippen molar-refractivity contribution in [1.29, 1.82) is 0 Å². The standard InChI is InChI=1S/C22H33N7/c1-2-23-22(29-12-9-19(16-29)15-28-10-4-3-5-11-28)24-14-18-7-6-8-20(13-18)21-25-17-26-27-21/h6-8,13,17,19H,2-5,9-12,14-16H2,1H3,(H,23,24)(H,25,26,27). The maximum Gasteiger partial charge on any atom is 0.194 e. The second-order valence-corrected chi connectivity index (χ2v) is 8.17. The third kappa shape index (κ3) is 5.35. The van der Waals surface area contributed by atoms with Crippen molar-refractivity contribution in [2.24, 2.45) is 10.9 Å². The molecule has 0 aliphatic carbocycles. The second-order valence-electron chi connectivity index (χ2n) is 8.17. The number of benzene rings is 1. The van der Waals surface area contributed by atoms with E-state index in [-0.39, 0.29) is 0 Å². The number of likely N-dealkylation sites (tertiary alicyclic amines) is 2. The minimum atomic E-state index is 0.664. The van der Waals surface area contributed by atoms with Crippen LogP contribution in [0.3, 0.4) is 0 Å². The Morgan fingerprint density at radius 3 is 2.93 bits per heavy atom. The number of guanidine groups is 1. The van der Waals surface area contributed by atoms with Crippen LogP contribution in [0.4, 0.5) is 0 Å². The van der Waals surface area contributed by atoms with Gasteiger partial charge in [-0.25, -0.2) is 9.98 Å². The smallest absolute Gasteiger partial charge is 0.194 e. The number of nitrogens with zero attached hydrogens (tertiary/aromatic N) is 5. The first-order chi connectivity index (χ1) is 14.3. The topological polar surface area (TPSA) is 72.4 Å². The fraction of sp³-hybridized carbons (Fsp3) is 0.591. The minimum Gasteiger partial charge on any atom is -0.357 e. The van der Waals surface area contributed by atoms with Gasteiger partial charge in [-0.1, -0.05) is 24.6 Å². The van der Waals surface area contributed by atoms with Crippen molar-refractivity contribution < 1.29 is 0 Å². The zero-order chi connectivity index (χ0) is 19.9. The van der Waals surface area contributed by atoms with E-state index in [0.29, 0.717) is 6.54 Å². The normalized spacial score (nSPS) is 20.9. The molecule has 7 heteroatoms. The van der Waals surface area contributed by atoms with Gasteiger partial charge in [0.15, 0.2) is 11.8 Å². The molecule has 0 amide bonds. The van der Waals surface area contributed by atoms with Crippen molar-refractivity contribution in [2.75, 3.05) is 39.3 Å². The molecule has 1 unspecified atom stereocenters. The number of hydrogen-bond donors (Lipinski definition) is 2. The fourth-order valence-corrected chi connectivity index (χ4v) is 4.43. The van der Waals surface area contributed by atoms with Crippen LogP contribution in [0, 0.1) is 5.92 Å². The highest BCUT2D eigenvalue weighted by atomic mass is 15.3. The van der Waals surface area contributed by atoms with E-state index < -0.39 is 0 Å². The van der Waals surface area contributed by atoms with E-state index in [0.717, 1.165) is 42.9 Å². The molecule has 1 atom stereocenters. The van der Waals surface area contributed by atoms with Crippen LogP contribution in [0.5, 0.6) is 0 Å². The van der Waals surface area contributed by atoms with E-state index in [4.69, 9.17) is 4.99 Å². The molecule has 0 spiro atoms. The first-order valence-electron chi connectivity index (χ1n) is 11.0. The highest BCUT2D eigenvalue weighted by molar-refractivity contribution is 5.80. The molecule has 0 saturated carbocycles.